The SMILES string of the molecule is CC(=O)[C@H](CCCCN)NNC(=O)CCCC(=O)NCCNC(=O)c1cccc(-c2ccc(OCC(=O)NCCOCCO[C@@H]3O[C@@H](C)[C@H](O)[C@@H](O)[C@H]3O)cc2)c1. The number of nitrogens with two attached hydrogens (primary N) is 1. The Labute approximate surface area is 332 Å². The molecule has 0 bridgehead atoms. The Bertz CT molecular complexity index is 1560. The number of ether oxygens (including phenoxy) is 4. The molecule has 10 N–H and O–H groups in total. The number of Topliss-reactive ketones (excluding diaryl/α,β-unsaturated/α-hetero) is 1. The molecule has 0 saturated carbocycles. The molecule has 0 unspecified atom stereocenters. The molecular formula is C39H58N6O12. The minimum Gasteiger partial charge on any atom is -0.484 e. The third-order valence-electron chi connectivity index (χ3n) is 8.93. The van der Waals surface area contributed by atoms with E-state index in [0.717, 1.165) is 24.0 Å². The van der Waals surface area contributed by atoms with E-state index in [9.17, 15) is 39.3 Å². The van der Waals surface area contributed by atoms with E-state index in [1.165, 1.54) is 6.92 Å². The molecule has 0 spiro atoms. The van der Waals surface area contributed by atoms with Gasteiger partial charge < -0.3 is 56.0 Å². The molecule has 1 aliphatic heterocycles. The van der Waals surface area contributed by atoms with Crippen LogP contribution in [0, 0.1) is 0 Å². The van der Waals surface area contributed by atoms with Gasteiger partial charge in [-0.05, 0) is 75.0 Å². The van der Waals surface area contributed by atoms with Gasteiger partial charge >= 0.3 is 0 Å². The molecule has 57 heavy (non-hydrogen) atoms. The van der Waals surface area contributed by atoms with E-state index in [1.807, 2.05) is 18.2 Å². The smallest absolute Gasteiger partial charge is 0.258 e. The Morgan fingerprint density at radius 2 is 1.51 bits per heavy atom. The standard InChI is InChI=1S/C39H58N6O12/c1-25(46)31(9-3-4-16-40)44-45-33(48)11-6-10-32(47)41-17-18-43-38(53)29-8-5-7-28(23-29)27-12-14-30(15-13-27)56-24-34(49)42-19-20-54-21-22-55-39-37(52)36(51)35(50)26(2)57-39/h5,7-8,12-15,23,26,31,35-37,39,44,50-52H,3-4,6,9-11,16-22,24,40H2,1-2H3,(H,41,47)(H,42,49)(H,43,53)(H,45,48)/t26-,31-,35-,36+,37+,39+/m0/s1. The largest absolute Gasteiger partial charge is 0.484 e. The van der Waals surface area contributed by atoms with E-state index in [2.05, 4.69) is 26.8 Å². The molecule has 18 heteroatoms. The lowest BCUT2D eigenvalue weighted by molar-refractivity contribution is -0.294. The van der Waals surface area contributed by atoms with Crippen molar-refractivity contribution in [1.29, 1.82) is 0 Å². The molecule has 0 aromatic heterocycles. The highest BCUT2D eigenvalue weighted by Gasteiger charge is 2.42. The van der Waals surface area contributed by atoms with Gasteiger partial charge in [0.05, 0.1) is 32.0 Å². The number of benzene rings is 2. The number of carbonyl (C=O) groups is 5. The summed E-state index contributed by atoms with van der Waals surface area (Å²) in [6.07, 6.45) is -3.07. The molecule has 1 fully saturated rings. The van der Waals surface area contributed by atoms with Gasteiger partial charge in [0.15, 0.2) is 12.9 Å². The van der Waals surface area contributed by atoms with Crippen LogP contribution >= 0.6 is 0 Å². The van der Waals surface area contributed by atoms with Gasteiger partial charge in [0.1, 0.15) is 29.8 Å². The van der Waals surface area contributed by atoms with Crippen molar-refractivity contribution in [3.8, 4) is 16.9 Å². The number of aliphatic hydroxyl groups is 3. The third-order valence-corrected chi connectivity index (χ3v) is 8.93. The van der Waals surface area contributed by atoms with Crippen LogP contribution in [0.5, 0.6) is 5.75 Å². The molecule has 2 aromatic rings. The van der Waals surface area contributed by atoms with Crippen LogP contribution in [0.15, 0.2) is 48.5 Å². The summed E-state index contributed by atoms with van der Waals surface area (Å²) in [6.45, 7) is 4.42. The molecule has 0 radical (unpaired) electrons. The Kier molecular flexibility index (Phi) is 21.1. The predicted molar refractivity (Wildman–Crippen MR) is 207 cm³/mol. The van der Waals surface area contributed by atoms with Crippen LogP contribution in [0.3, 0.4) is 0 Å². The van der Waals surface area contributed by atoms with Crippen molar-refractivity contribution in [2.24, 2.45) is 5.73 Å². The highest BCUT2D eigenvalue weighted by atomic mass is 16.7. The third kappa shape index (κ3) is 17.2. The summed E-state index contributed by atoms with van der Waals surface area (Å²) in [6, 6.07) is 13.6. The first kappa shape index (κ1) is 46.8. The Hall–Kier alpha value is -4.53. The predicted octanol–water partition coefficient (Wildman–Crippen LogP) is -0.567. The highest BCUT2D eigenvalue weighted by Crippen LogP contribution is 2.24. The van der Waals surface area contributed by atoms with Gasteiger partial charge in [-0.15, -0.1) is 0 Å². The minimum absolute atomic E-state index is 0.0672. The Morgan fingerprint density at radius 1 is 0.789 bits per heavy atom. The van der Waals surface area contributed by atoms with Crippen LogP contribution < -0.4 is 37.3 Å². The fraction of sp³-hybridized carbons (Fsp3) is 0.564. The van der Waals surface area contributed by atoms with Crippen molar-refractivity contribution in [1.82, 2.24) is 26.8 Å². The zero-order chi connectivity index (χ0) is 41.6. The molecule has 1 aliphatic rings. The fourth-order valence-corrected chi connectivity index (χ4v) is 5.60. The van der Waals surface area contributed by atoms with Gasteiger partial charge in [-0.2, -0.15) is 0 Å². The summed E-state index contributed by atoms with van der Waals surface area (Å²) in [7, 11) is 0. The summed E-state index contributed by atoms with van der Waals surface area (Å²) in [5.41, 5.74) is 12.8. The molecule has 1 saturated heterocycles. The van der Waals surface area contributed by atoms with Crippen molar-refractivity contribution in [3.63, 3.8) is 0 Å². The number of unbranched alkanes of at least 4 members (excludes halogenated alkanes) is 1. The van der Waals surface area contributed by atoms with Crippen LogP contribution in [0.2, 0.25) is 0 Å². The molecule has 316 valence electrons. The van der Waals surface area contributed by atoms with Crippen molar-refractivity contribution < 1.29 is 58.2 Å². The first-order valence-corrected chi connectivity index (χ1v) is 19.2. The number of nitrogens with one attached hydrogen (secondary N) is 5. The summed E-state index contributed by atoms with van der Waals surface area (Å²) in [5.74, 6) is -0.821. The van der Waals surface area contributed by atoms with Crippen LogP contribution in [-0.4, -0.2) is 134 Å². The second-order valence-electron chi connectivity index (χ2n) is 13.5. The lowest BCUT2D eigenvalue weighted by Crippen LogP contribution is -2.57. The van der Waals surface area contributed by atoms with Crippen LogP contribution in [0.1, 0.15) is 62.7 Å². The normalized spacial score (nSPS) is 19.6. The molecule has 3 rings (SSSR count). The molecular weight excluding hydrogens is 744 g/mol. The van der Waals surface area contributed by atoms with E-state index in [4.69, 9.17) is 24.7 Å². The maximum Gasteiger partial charge on any atom is 0.258 e. The van der Waals surface area contributed by atoms with Gasteiger partial charge in [-0.1, -0.05) is 30.7 Å². The van der Waals surface area contributed by atoms with Gasteiger partial charge in [0.2, 0.25) is 11.8 Å². The van der Waals surface area contributed by atoms with Gasteiger partial charge in [-0.3, -0.25) is 29.4 Å². The maximum atomic E-state index is 12.8. The lowest BCUT2D eigenvalue weighted by atomic mass is 10.0. The first-order valence-electron chi connectivity index (χ1n) is 19.2. The van der Waals surface area contributed by atoms with Crippen molar-refractivity contribution in [2.75, 3.05) is 52.6 Å². The monoisotopic (exact) mass is 802 g/mol. The molecule has 18 nitrogen and oxygen atoms in total. The zero-order valence-corrected chi connectivity index (χ0v) is 32.6. The van der Waals surface area contributed by atoms with E-state index in [0.29, 0.717) is 30.7 Å². The van der Waals surface area contributed by atoms with Crippen molar-refractivity contribution >= 4 is 29.4 Å². The number of ketones is 1. The van der Waals surface area contributed by atoms with Crippen LogP contribution in [0.4, 0.5) is 0 Å². The van der Waals surface area contributed by atoms with E-state index in [-0.39, 0.29) is 88.3 Å². The average Bonchev–Trinajstić information content (AvgIpc) is 3.20. The van der Waals surface area contributed by atoms with Gasteiger partial charge in [0.25, 0.3) is 11.8 Å². The van der Waals surface area contributed by atoms with Crippen molar-refractivity contribution in [2.45, 2.75) is 89.1 Å². The number of aliphatic hydroxyl groups excluding tert-OH is 3. The molecule has 4 amide bonds. The molecule has 0 aliphatic carbocycles. The van der Waals surface area contributed by atoms with Gasteiger partial charge in [-0.25, -0.2) is 5.43 Å². The van der Waals surface area contributed by atoms with Crippen molar-refractivity contribution in [3.05, 3.63) is 54.1 Å². The topological polar surface area (TPSA) is 269 Å². The maximum absolute atomic E-state index is 12.8. The first-order chi connectivity index (χ1) is 27.4. The van der Waals surface area contributed by atoms with Crippen LogP contribution in [0.25, 0.3) is 11.1 Å². The Balaban J connectivity index is 1.26. The second kappa shape index (κ2) is 25.7. The molecule has 1 heterocycles. The highest BCUT2D eigenvalue weighted by molar-refractivity contribution is 5.95. The average molecular weight is 803 g/mol. The van der Waals surface area contributed by atoms with E-state index < -0.39 is 36.7 Å². The van der Waals surface area contributed by atoms with Crippen LogP contribution in [-0.2, 0) is 33.4 Å². The minimum atomic E-state index is -1.39. The Morgan fingerprint density at radius 3 is 2.25 bits per heavy atom. The number of rotatable bonds is 26. The van der Waals surface area contributed by atoms with Gasteiger partial charge in [0, 0.05) is 38.0 Å². The quantitative estimate of drug-likeness (QED) is 0.0426. The molecule has 2 aromatic carbocycles. The number of hydrogen-bond donors (Lipinski definition) is 9. The number of hydrogen-bond acceptors (Lipinski definition) is 14. The summed E-state index contributed by atoms with van der Waals surface area (Å²) >= 11 is 0. The number of carbonyl (C=O) groups excluding carboxylic acids is 5. The summed E-state index contributed by atoms with van der Waals surface area (Å²) < 4.78 is 21.7. The number of hydrazine groups is 1. The zero-order valence-electron chi connectivity index (χ0n) is 32.6. The van der Waals surface area contributed by atoms with E-state index >= 15 is 0 Å². The fourth-order valence-electron chi connectivity index (χ4n) is 5.60. The summed E-state index contributed by atoms with van der Waals surface area (Å²) in [4.78, 5) is 61.1. The summed E-state index contributed by atoms with van der Waals surface area (Å²) in [5, 5.41) is 37.7. The second-order valence-corrected chi connectivity index (χ2v) is 13.5. The van der Waals surface area contributed by atoms with E-state index in [1.54, 1.807) is 37.3 Å². The number of amides is 4. The molecule has 6 atom stereocenters. The lowest BCUT2D eigenvalue weighted by Gasteiger charge is -2.38.